The molecule has 31 heavy (non-hydrogen) atoms. The molecule has 1 aliphatic rings. The first kappa shape index (κ1) is 23.6. The molecule has 0 unspecified atom stereocenters. The number of methoxy groups -OCH3 is 1. The number of carbonyl (C=O) groups excluding carboxylic acids is 2. The Kier molecular flexibility index (Phi) is 8.79. The molecule has 1 aliphatic heterocycles. The van der Waals surface area contributed by atoms with Crippen molar-refractivity contribution < 1.29 is 23.8 Å². The van der Waals surface area contributed by atoms with Crippen molar-refractivity contribution in [3.8, 4) is 11.5 Å². The Morgan fingerprint density at radius 1 is 1.13 bits per heavy atom. The summed E-state index contributed by atoms with van der Waals surface area (Å²) in [5.41, 5.74) is 1.84. The van der Waals surface area contributed by atoms with E-state index in [1.807, 2.05) is 49.4 Å². The highest BCUT2D eigenvalue weighted by Crippen LogP contribution is 2.38. The summed E-state index contributed by atoms with van der Waals surface area (Å²) < 4.78 is 17.7. The van der Waals surface area contributed by atoms with Gasteiger partial charge in [-0.1, -0.05) is 30.3 Å². The van der Waals surface area contributed by atoms with Gasteiger partial charge in [-0.05, 0) is 77.0 Å². The number of benzene rings is 2. The number of hydrogen-bond acceptors (Lipinski definition) is 6. The van der Waals surface area contributed by atoms with Gasteiger partial charge in [-0.15, -0.1) is 0 Å². The van der Waals surface area contributed by atoms with Gasteiger partial charge in [0.25, 0.3) is 11.1 Å². The average molecular weight is 553 g/mol. The Bertz CT molecular complexity index is 964. The molecule has 164 valence electrons. The zero-order chi connectivity index (χ0) is 22.2. The molecule has 0 spiro atoms. The number of nitrogens with zero attached hydrogens (tertiary/aromatic N) is 1. The molecule has 0 aromatic heterocycles. The van der Waals surface area contributed by atoms with Crippen LogP contribution in [0.5, 0.6) is 11.5 Å². The molecule has 0 N–H and O–H groups in total. The van der Waals surface area contributed by atoms with Crippen molar-refractivity contribution in [2.75, 3.05) is 26.9 Å². The molecule has 2 amide bonds. The molecule has 1 heterocycles. The van der Waals surface area contributed by atoms with Crippen molar-refractivity contribution in [1.82, 2.24) is 4.90 Å². The Morgan fingerprint density at radius 2 is 1.90 bits per heavy atom. The molecule has 1 fully saturated rings. The summed E-state index contributed by atoms with van der Waals surface area (Å²) >= 11 is 3.15. The minimum Gasteiger partial charge on any atom is -0.490 e. The minimum atomic E-state index is -0.275. The fourth-order valence-electron chi connectivity index (χ4n) is 3.02. The predicted molar refractivity (Wildman–Crippen MR) is 130 cm³/mol. The molecule has 0 aliphatic carbocycles. The van der Waals surface area contributed by atoms with Crippen LogP contribution in [-0.4, -0.2) is 42.9 Å². The Morgan fingerprint density at radius 3 is 2.61 bits per heavy atom. The van der Waals surface area contributed by atoms with E-state index in [0.29, 0.717) is 49.2 Å². The van der Waals surface area contributed by atoms with E-state index in [4.69, 9.17) is 14.2 Å². The molecule has 6 nitrogen and oxygen atoms in total. The van der Waals surface area contributed by atoms with Crippen molar-refractivity contribution in [1.29, 1.82) is 0 Å². The fraction of sp³-hybridized carbons (Fsp3) is 0.304. The summed E-state index contributed by atoms with van der Waals surface area (Å²) in [5, 5.41) is -0.255. The van der Waals surface area contributed by atoms with Gasteiger partial charge in [-0.2, -0.15) is 0 Å². The summed E-state index contributed by atoms with van der Waals surface area (Å²) in [7, 11) is 1.60. The van der Waals surface area contributed by atoms with Gasteiger partial charge >= 0.3 is 0 Å². The number of rotatable bonds is 10. The van der Waals surface area contributed by atoms with Crippen molar-refractivity contribution in [3.63, 3.8) is 0 Å². The number of thioether (sulfide) groups is 1. The lowest BCUT2D eigenvalue weighted by atomic mass is 10.1. The first-order chi connectivity index (χ1) is 15.0. The third-order valence-electron chi connectivity index (χ3n) is 4.46. The second-order valence-electron chi connectivity index (χ2n) is 6.72. The minimum absolute atomic E-state index is 0.255. The average Bonchev–Trinajstić information content (AvgIpc) is 3.01. The lowest BCUT2D eigenvalue weighted by Gasteiger charge is -2.15. The SMILES string of the molecule is CCOc1cc(/C=C2/SC(=O)N(CCCOC)C2=O)cc(I)c1OCc1ccccc1. The van der Waals surface area contributed by atoms with Crippen molar-refractivity contribution in [3.05, 3.63) is 62.1 Å². The van der Waals surface area contributed by atoms with E-state index >= 15 is 0 Å². The molecular weight excluding hydrogens is 529 g/mol. The normalized spacial score (nSPS) is 15.1. The van der Waals surface area contributed by atoms with E-state index < -0.39 is 0 Å². The first-order valence-electron chi connectivity index (χ1n) is 9.90. The highest BCUT2D eigenvalue weighted by Gasteiger charge is 2.34. The maximum atomic E-state index is 12.7. The summed E-state index contributed by atoms with van der Waals surface area (Å²) in [6.45, 7) is 3.67. The third kappa shape index (κ3) is 6.24. The van der Waals surface area contributed by atoms with Crippen LogP contribution >= 0.6 is 34.4 Å². The highest BCUT2D eigenvalue weighted by atomic mass is 127. The summed E-state index contributed by atoms with van der Waals surface area (Å²) in [4.78, 5) is 26.6. The van der Waals surface area contributed by atoms with Gasteiger partial charge < -0.3 is 14.2 Å². The van der Waals surface area contributed by atoms with Gasteiger partial charge in [0, 0.05) is 20.3 Å². The number of ether oxygens (including phenoxy) is 3. The second kappa shape index (κ2) is 11.5. The van der Waals surface area contributed by atoms with E-state index in [1.165, 1.54) is 4.90 Å². The highest BCUT2D eigenvalue weighted by molar-refractivity contribution is 14.1. The van der Waals surface area contributed by atoms with Crippen molar-refractivity contribution in [2.45, 2.75) is 20.0 Å². The molecule has 0 radical (unpaired) electrons. The molecule has 2 aromatic rings. The maximum absolute atomic E-state index is 12.7. The van der Waals surface area contributed by atoms with E-state index in [-0.39, 0.29) is 11.1 Å². The van der Waals surface area contributed by atoms with Gasteiger partial charge in [-0.25, -0.2) is 0 Å². The molecular formula is C23H24INO5S. The molecule has 2 aromatic carbocycles. The molecule has 0 bridgehead atoms. The topological polar surface area (TPSA) is 65.1 Å². The monoisotopic (exact) mass is 553 g/mol. The molecule has 1 saturated heterocycles. The lowest BCUT2D eigenvalue weighted by molar-refractivity contribution is -0.122. The Labute approximate surface area is 200 Å². The largest absolute Gasteiger partial charge is 0.490 e. The van der Waals surface area contributed by atoms with Crippen LogP contribution in [0.15, 0.2) is 47.4 Å². The predicted octanol–water partition coefficient (Wildman–Crippen LogP) is 5.34. The zero-order valence-corrected chi connectivity index (χ0v) is 20.4. The van der Waals surface area contributed by atoms with Gasteiger partial charge in [0.15, 0.2) is 11.5 Å². The van der Waals surface area contributed by atoms with Crippen LogP contribution in [-0.2, 0) is 16.1 Å². The van der Waals surface area contributed by atoms with Gasteiger partial charge in [0.05, 0.1) is 15.1 Å². The van der Waals surface area contributed by atoms with Crippen molar-refractivity contribution >= 4 is 51.6 Å². The van der Waals surface area contributed by atoms with Crippen LogP contribution in [0, 0.1) is 3.57 Å². The van der Waals surface area contributed by atoms with Gasteiger partial charge in [0.2, 0.25) is 0 Å². The smallest absolute Gasteiger partial charge is 0.293 e. The third-order valence-corrected chi connectivity index (χ3v) is 6.17. The standard InChI is InChI=1S/C23H24INO5S/c1-3-29-19-13-17(12-18(24)21(19)30-15-16-8-5-4-6-9-16)14-20-22(26)25(23(27)31-20)10-7-11-28-2/h4-6,8-9,12-14H,3,7,10-11,15H2,1-2H3/b20-14+. The Hall–Kier alpha value is -2.04. The zero-order valence-electron chi connectivity index (χ0n) is 17.4. The van der Waals surface area contributed by atoms with E-state index in [1.54, 1.807) is 13.2 Å². The molecule has 0 atom stereocenters. The second-order valence-corrected chi connectivity index (χ2v) is 8.87. The van der Waals surface area contributed by atoms with Crippen LogP contribution in [0.3, 0.4) is 0 Å². The number of carbonyl (C=O) groups is 2. The van der Waals surface area contributed by atoms with Crippen LogP contribution in [0.25, 0.3) is 6.08 Å². The summed E-state index contributed by atoms with van der Waals surface area (Å²) in [5.74, 6) is 0.996. The van der Waals surface area contributed by atoms with Crippen molar-refractivity contribution in [2.24, 2.45) is 0 Å². The van der Waals surface area contributed by atoms with Crippen LogP contribution in [0.4, 0.5) is 4.79 Å². The number of halogens is 1. The van der Waals surface area contributed by atoms with E-state index in [9.17, 15) is 9.59 Å². The Balaban J connectivity index is 1.80. The summed E-state index contributed by atoms with van der Waals surface area (Å²) in [6.07, 6.45) is 2.34. The van der Waals surface area contributed by atoms with Gasteiger partial charge in [-0.3, -0.25) is 14.5 Å². The first-order valence-corrected chi connectivity index (χ1v) is 11.8. The van der Waals surface area contributed by atoms with Crippen LogP contribution < -0.4 is 9.47 Å². The number of hydrogen-bond donors (Lipinski definition) is 0. The molecule has 8 heteroatoms. The lowest BCUT2D eigenvalue weighted by Crippen LogP contribution is -2.29. The van der Waals surface area contributed by atoms with Crippen LogP contribution in [0.1, 0.15) is 24.5 Å². The van der Waals surface area contributed by atoms with E-state index in [2.05, 4.69) is 22.6 Å². The quantitative estimate of drug-likeness (QED) is 0.225. The number of amides is 2. The molecule has 3 rings (SSSR count). The summed E-state index contributed by atoms with van der Waals surface area (Å²) in [6, 6.07) is 13.7. The number of imide groups is 1. The van der Waals surface area contributed by atoms with Gasteiger partial charge in [0.1, 0.15) is 6.61 Å². The fourth-order valence-corrected chi connectivity index (χ4v) is 4.66. The molecule has 0 saturated carbocycles. The van der Waals surface area contributed by atoms with Crippen LogP contribution in [0.2, 0.25) is 0 Å². The van der Waals surface area contributed by atoms with E-state index in [0.717, 1.165) is 26.5 Å². The maximum Gasteiger partial charge on any atom is 0.293 e.